The Morgan fingerprint density at radius 1 is 1.45 bits per heavy atom. The third-order valence-corrected chi connectivity index (χ3v) is 5.13. The van der Waals surface area contributed by atoms with Gasteiger partial charge in [0.15, 0.2) is 5.78 Å². The second-order valence-corrected chi connectivity index (χ2v) is 6.64. The molecule has 1 aliphatic heterocycles. The molecule has 1 N–H and O–H groups in total. The number of thiophene rings is 1. The van der Waals surface area contributed by atoms with Gasteiger partial charge in [0.25, 0.3) is 5.91 Å². The Morgan fingerprint density at radius 3 is 2.80 bits per heavy atom. The molecule has 1 aliphatic rings. The van der Waals surface area contributed by atoms with Crippen LogP contribution >= 0.6 is 23.1 Å². The van der Waals surface area contributed by atoms with Crippen molar-refractivity contribution in [3.63, 3.8) is 0 Å². The fraction of sp³-hybridized carbons (Fsp3) is 0.462. The molecule has 5 nitrogen and oxygen atoms in total. The van der Waals surface area contributed by atoms with Gasteiger partial charge in [0.05, 0.1) is 17.3 Å². The second kappa shape index (κ2) is 6.41. The number of ketones is 1. The Labute approximate surface area is 125 Å². The van der Waals surface area contributed by atoms with Gasteiger partial charge in [-0.2, -0.15) is 11.8 Å². The van der Waals surface area contributed by atoms with Crippen molar-refractivity contribution in [1.29, 1.82) is 0 Å². The highest BCUT2D eigenvalue weighted by Gasteiger charge is 2.30. The molecule has 1 aromatic rings. The Hall–Kier alpha value is -1.34. The van der Waals surface area contributed by atoms with Crippen molar-refractivity contribution in [2.75, 3.05) is 18.1 Å². The van der Waals surface area contributed by atoms with Gasteiger partial charge in [0.2, 0.25) is 0 Å². The maximum Gasteiger partial charge on any atom is 0.305 e. The lowest BCUT2D eigenvalue weighted by molar-refractivity contribution is -0.138. The number of thioether (sulfide) groups is 1. The third-order valence-electron chi connectivity index (χ3n) is 3.12. The van der Waals surface area contributed by atoms with Gasteiger partial charge in [-0.1, -0.05) is 0 Å². The van der Waals surface area contributed by atoms with Crippen LogP contribution in [0.25, 0.3) is 0 Å². The molecule has 1 aromatic heterocycles. The quantitative estimate of drug-likeness (QED) is 0.860. The molecule has 20 heavy (non-hydrogen) atoms. The van der Waals surface area contributed by atoms with E-state index >= 15 is 0 Å². The highest BCUT2D eigenvalue weighted by molar-refractivity contribution is 7.99. The number of Topliss-reactive ketones (excluding diaryl/α,β-unsaturated/α-hetero) is 1. The number of rotatable bonds is 4. The van der Waals surface area contributed by atoms with Crippen molar-refractivity contribution in [2.45, 2.75) is 19.4 Å². The van der Waals surface area contributed by atoms with Crippen molar-refractivity contribution >= 4 is 40.8 Å². The summed E-state index contributed by atoms with van der Waals surface area (Å²) in [5.74, 6) is 0.312. The molecule has 2 heterocycles. The van der Waals surface area contributed by atoms with Crippen molar-refractivity contribution in [3.8, 4) is 0 Å². The highest BCUT2D eigenvalue weighted by Crippen LogP contribution is 2.24. The summed E-state index contributed by atoms with van der Waals surface area (Å²) in [6.45, 7) is 2.01. The summed E-state index contributed by atoms with van der Waals surface area (Å²) in [7, 11) is 0. The molecule has 0 saturated carbocycles. The lowest BCUT2D eigenvalue weighted by atomic mass is 10.1. The minimum atomic E-state index is -0.897. The van der Waals surface area contributed by atoms with E-state index in [-0.39, 0.29) is 24.2 Å². The average Bonchev–Trinajstić information content (AvgIpc) is 2.87. The number of carboxylic acids is 1. The van der Waals surface area contributed by atoms with Gasteiger partial charge >= 0.3 is 5.97 Å². The van der Waals surface area contributed by atoms with Crippen molar-refractivity contribution in [1.82, 2.24) is 4.90 Å². The molecule has 0 bridgehead atoms. The lowest BCUT2D eigenvalue weighted by Gasteiger charge is -2.34. The van der Waals surface area contributed by atoms with Crippen LogP contribution in [0.4, 0.5) is 0 Å². The predicted octanol–water partition coefficient (Wildman–Crippen LogP) is 1.98. The van der Waals surface area contributed by atoms with Crippen LogP contribution in [-0.4, -0.2) is 51.8 Å². The van der Waals surface area contributed by atoms with E-state index in [1.165, 1.54) is 18.3 Å². The fourth-order valence-electron chi connectivity index (χ4n) is 2.07. The molecule has 0 spiro atoms. The minimum Gasteiger partial charge on any atom is -0.481 e. The van der Waals surface area contributed by atoms with Gasteiger partial charge in [-0.05, 0) is 13.0 Å². The normalized spacial score (nSPS) is 18.9. The standard InChI is InChI=1S/C13H15NO4S2/c1-8(15)9-4-11(20-6-9)13(18)14-2-3-19-7-10(14)5-12(16)17/h4,6,10H,2-3,5,7H2,1H3,(H,16,17). The maximum absolute atomic E-state index is 12.5. The zero-order chi connectivity index (χ0) is 14.7. The van der Waals surface area contributed by atoms with Gasteiger partial charge < -0.3 is 10.0 Å². The summed E-state index contributed by atoms with van der Waals surface area (Å²) in [5.41, 5.74) is 0.527. The SMILES string of the molecule is CC(=O)c1csc(C(=O)N2CCSCC2CC(=O)O)c1. The Balaban J connectivity index is 2.15. The number of carbonyl (C=O) groups excluding carboxylic acids is 2. The summed E-state index contributed by atoms with van der Waals surface area (Å²) in [6.07, 6.45) is -0.0380. The van der Waals surface area contributed by atoms with Crippen LogP contribution in [0.15, 0.2) is 11.4 Å². The molecule has 7 heteroatoms. The van der Waals surface area contributed by atoms with E-state index in [9.17, 15) is 14.4 Å². The molecule has 0 aliphatic carbocycles. The first-order valence-corrected chi connectivity index (χ1v) is 8.22. The van der Waals surface area contributed by atoms with Crippen molar-refractivity contribution in [3.05, 3.63) is 21.9 Å². The first kappa shape index (κ1) is 15.1. The number of aliphatic carboxylic acids is 1. The molecular weight excluding hydrogens is 298 g/mol. The van der Waals surface area contributed by atoms with Crippen LogP contribution in [0.5, 0.6) is 0 Å². The number of hydrogen-bond donors (Lipinski definition) is 1. The van der Waals surface area contributed by atoms with E-state index in [4.69, 9.17) is 5.11 Å². The molecule has 1 amide bonds. The number of amides is 1. The molecule has 1 atom stereocenters. The van der Waals surface area contributed by atoms with Gasteiger partial charge in [-0.3, -0.25) is 14.4 Å². The fourth-order valence-corrected chi connectivity index (χ4v) is 4.03. The Kier molecular flexibility index (Phi) is 4.82. The van der Waals surface area contributed by atoms with Crippen LogP contribution in [0.1, 0.15) is 33.4 Å². The highest BCUT2D eigenvalue weighted by atomic mass is 32.2. The first-order valence-electron chi connectivity index (χ1n) is 6.19. The van der Waals surface area contributed by atoms with Crippen LogP contribution in [0.2, 0.25) is 0 Å². The van der Waals surface area contributed by atoms with E-state index in [1.807, 2.05) is 0 Å². The summed E-state index contributed by atoms with van der Waals surface area (Å²) in [5, 5.41) is 10.6. The summed E-state index contributed by atoms with van der Waals surface area (Å²) >= 11 is 2.90. The zero-order valence-corrected chi connectivity index (χ0v) is 12.6. The average molecular weight is 313 g/mol. The number of carboxylic acid groups (broad SMARTS) is 1. The first-order chi connectivity index (χ1) is 9.49. The van der Waals surface area contributed by atoms with Gasteiger partial charge in [-0.15, -0.1) is 11.3 Å². The second-order valence-electron chi connectivity index (χ2n) is 4.58. The smallest absolute Gasteiger partial charge is 0.305 e. The van der Waals surface area contributed by atoms with Gasteiger partial charge in [-0.25, -0.2) is 0 Å². The molecule has 2 rings (SSSR count). The van der Waals surface area contributed by atoms with Crippen LogP contribution in [0, 0.1) is 0 Å². The van der Waals surface area contributed by atoms with Crippen LogP contribution < -0.4 is 0 Å². The maximum atomic E-state index is 12.5. The van der Waals surface area contributed by atoms with E-state index in [0.717, 1.165) is 5.75 Å². The molecule has 0 radical (unpaired) electrons. The topological polar surface area (TPSA) is 74.7 Å². The molecule has 1 unspecified atom stereocenters. The monoisotopic (exact) mass is 313 g/mol. The number of hydrogen-bond acceptors (Lipinski definition) is 5. The summed E-state index contributed by atoms with van der Waals surface area (Å²) in [4.78, 5) is 36.7. The Bertz CT molecular complexity index is 540. The van der Waals surface area contributed by atoms with E-state index < -0.39 is 5.97 Å². The Morgan fingerprint density at radius 2 is 2.20 bits per heavy atom. The van der Waals surface area contributed by atoms with E-state index in [1.54, 1.807) is 28.1 Å². The summed E-state index contributed by atoms with van der Waals surface area (Å²) in [6, 6.07) is 1.32. The third kappa shape index (κ3) is 3.40. The molecule has 108 valence electrons. The van der Waals surface area contributed by atoms with Crippen molar-refractivity contribution in [2.24, 2.45) is 0 Å². The number of carbonyl (C=O) groups is 3. The van der Waals surface area contributed by atoms with Gasteiger partial charge in [0, 0.05) is 29.0 Å². The van der Waals surface area contributed by atoms with Gasteiger partial charge in [0.1, 0.15) is 0 Å². The van der Waals surface area contributed by atoms with Crippen LogP contribution in [0.3, 0.4) is 0 Å². The zero-order valence-electron chi connectivity index (χ0n) is 11.0. The molecule has 0 aromatic carbocycles. The predicted molar refractivity (Wildman–Crippen MR) is 78.7 cm³/mol. The van der Waals surface area contributed by atoms with Crippen molar-refractivity contribution < 1.29 is 19.5 Å². The van der Waals surface area contributed by atoms with Crippen LogP contribution in [-0.2, 0) is 4.79 Å². The largest absolute Gasteiger partial charge is 0.481 e. The summed E-state index contributed by atoms with van der Waals surface area (Å²) < 4.78 is 0. The van der Waals surface area contributed by atoms with E-state index in [2.05, 4.69) is 0 Å². The lowest BCUT2D eigenvalue weighted by Crippen LogP contribution is -2.46. The molecule has 1 saturated heterocycles. The minimum absolute atomic E-state index is 0.0380. The number of nitrogens with zero attached hydrogens (tertiary/aromatic N) is 1. The van der Waals surface area contributed by atoms with E-state index in [0.29, 0.717) is 22.7 Å². The molecular formula is C13H15NO4S2. The molecule has 1 fully saturated rings.